The maximum absolute atomic E-state index is 4.81. The van der Waals surface area contributed by atoms with Gasteiger partial charge in [-0.05, 0) is 50.7 Å². The third kappa shape index (κ3) is 2.43. The summed E-state index contributed by atoms with van der Waals surface area (Å²) in [4.78, 5) is 4.69. The molecule has 21 heavy (non-hydrogen) atoms. The predicted octanol–water partition coefficient (Wildman–Crippen LogP) is 2.10. The van der Waals surface area contributed by atoms with E-state index in [-0.39, 0.29) is 0 Å². The Hall–Kier alpha value is -1.85. The van der Waals surface area contributed by atoms with Crippen molar-refractivity contribution in [3.8, 4) is 0 Å². The standard InChI is InChI=1S/C15H22N6/c1-3-9-19(10-4-1)14-8-7-13-16-17-15(21(13)18-14)20-11-5-2-6-12-20/h7-8H,1-6,9-12H2. The van der Waals surface area contributed by atoms with E-state index in [2.05, 4.69) is 26.1 Å². The van der Waals surface area contributed by atoms with E-state index in [0.717, 1.165) is 43.6 Å². The van der Waals surface area contributed by atoms with Crippen molar-refractivity contribution in [1.29, 1.82) is 0 Å². The first-order valence-corrected chi connectivity index (χ1v) is 8.14. The van der Waals surface area contributed by atoms with Gasteiger partial charge in [0.2, 0.25) is 5.95 Å². The molecule has 0 radical (unpaired) electrons. The van der Waals surface area contributed by atoms with E-state index in [1.54, 1.807) is 0 Å². The molecule has 2 aromatic rings. The Morgan fingerprint density at radius 1 is 0.714 bits per heavy atom. The molecular formula is C15H22N6. The molecule has 0 aromatic carbocycles. The molecule has 2 aliphatic rings. The van der Waals surface area contributed by atoms with Crippen LogP contribution < -0.4 is 9.80 Å². The normalized spacial score (nSPS) is 20.2. The van der Waals surface area contributed by atoms with Crippen LogP contribution in [0.25, 0.3) is 5.65 Å². The van der Waals surface area contributed by atoms with Gasteiger partial charge in [0, 0.05) is 26.2 Å². The Bertz CT molecular complexity index is 610. The first-order chi connectivity index (χ1) is 10.4. The smallest absolute Gasteiger partial charge is 0.248 e. The average Bonchev–Trinajstić information content (AvgIpc) is 2.99. The number of piperidine rings is 2. The fourth-order valence-corrected chi connectivity index (χ4v) is 3.35. The zero-order chi connectivity index (χ0) is 14.1. The largest absolute Gasteiger partial charge is 0.355 e. The highest BCUT2D eigenvalue weighted by Crippen LogP contribution is 2.21. The summed E-state index contributed by atoms with van der Waals surface area (Å²) in [5.41, 5.74) is 0.844. The van der Waals surface area contributed by atoms with Crippen molar-refractivity contribution < 1.29 is 0 Å². The Balaban J connectivity index is 1.68. The van der Waals surface area contributed by atoms with Crippen molar-refractivity contribution in [2.45, 2.75) is 38.5 Å². The first-order valence-electron chi connectivity index (χ1n) is 8.14. The van der Waals surface area contributed by atoms with Crippen LogP contribution in [0.5, 0.6) is 0 Å². The zero-order valence-electron chi connectivity index (χ0n) is 12.4. The minimum atomic E-state index is 0.844. The lowest BCUT2D eigenvalue weighted by Gasteiger charge is -2.28. The molecule has 0 saturated carbocycles. The molecular weight excluding hydrogens is 264 g/mol. The number of hydrogen-bond donors (Lipinski definition) is 0. The molecule has 0 aliphatic carbocycles. The highest BCUT2D eigenvalue weighted by atomic mass is 15.5. The van der Waals surface area contributed by atoms with Gasteiger partial charge in [0.15, 0.2) is 5.65 Å². The van der Waals surface area contributed by atoms with E-state index in [0.29, 0.717) is 0 Å². The van der Waals surface area contributed by atoms with Gasteiger partial charge in [-0.25, -0.2) is 0 Å². The molecule has 0 N–H and O–H groups in total. The van der Waals surface area contributed by atoms with Crippen molar-refractivity contribution in [2.75, 3.05) is 36.0 Å². The minimum Gasteiger partial charge on any atom is -0.355 e. The maximum atomic E-state index is 4.81. The summed E-state index contributed by atoms with van der Waals surface area (Å²) in [6.45, 7) is 4.35. The molecule has 0 spiro atoms. The maximum Gasteiger partial charge on any atom is 0.248 e. The Kier molecular flexibility index (Phi) is 3.37. The lowest BCUT2D eigenvalue weighted by Crippen LogP contribution is -2.32. The fourth-order valence-electron chi connectivity index (χ4n) is 3.35. The van der Waals surface area contributed by atoms with Crippen LogP contribution in [0.15, 0.2) is 12.1 Å². The lowest BCUT2D eigenvalue weighted by atomic mass is 10.1. The van der Waals surface area contributed by atoms with E-state index < -0.39 is 0 Å². The molecule has 112 valence electrons. The number of hydrogen-bond acceptors (Lipinski definition) is 5. The van der Waals surface area contributed by atoms with Gasteiger partial charge >= 0.3 is 0 Å². The van der Waals surface area contributed by atoms with Crippen LogP contribution in [0, 0.1) is 0 Å². The Labute approximate surface area is 124 Å². The second kappa shape index (κ2) is 5.50. The summed E-state index contributed by atoms with van der Waals surface area (Å²) in [6.07, 6.45) is 7.66. The van der Waals surface area contributed by atoms with Gasteiger partial charge in [-0.2, -0.15) is 4.52 Å². The third-order valence-electron chi connectivity index (χ3n) is 4.55. The number of anilines is 2. The van der Waals surface area contributed by atoms with Crippen LogP contribution in [0.2, 0.25) is 0 Å². The van der Waals surface area contributed by atoms with Gasteiger partial charge < -0.3 is 9.80 Å². The molecule has 2 saturated heterocycles. The zero-order valence-corrected chi connectivity index (χ0v) is 12.4. The van der Waals surface area contributed by atoms with Crippen molar-refractivity contribution in [2.24, 2.45) is 0 Å². The summed E-state index contributed by atoms with van der Waals surface area (Å²) in [7, 11) is 0. The quantitative estimate of drug-likeness (QED) is 0.846. The molecule has 6 heteroatoms. The summed E-state index contributed by atoms with van der Waals surface area (Å²) in [5.74, 6) is 1.96. The van der Waals surface area contributed by atoms with Crippen LogP contribution in [-0.2, 0) is 0 Å². The number of rotatable bonds is 2. The van der Waals surface area contributed by atoms with Crippen LogP contribution >= 0.6 is 0 Å². The molecule has 2 fully saturated rings. The van der Waals surface area contributed by atoms with Gasteiger partial charge in [-0.3, -0.25) is 0 Å². The van der Waals surface area contributed by atoms with Crippen molar-refractivity contribution in [3.05, 3.63) is 12.1 Å². The van der Waals surface area contributed by atoms with Gasteiger partial charge in [-0.1, -0.05) is 0 Å². The van der Waals surface area contributed by atoms with Crippen molar-refractivity contribution in [1.82, 2.24) is 19.8 Å². The number of nitrogens with zero attached hydrogens (tertiary/aromatic N) is 6. The SMILES string of the molecule is c1cc2nnc(N3CCCCC3)n2nc1N1CCCCC1. The monoisotopic (exact) mass is 286 g/mol. The topological polar surface area (TPSA) is 49.6 Å². The minimum absolute atomic E-state index is 0.844. The van der Waals surface area contributed by atoms with Crippen LogP contribution in [0.4, 0.5) is 11.8 Å². The van der Waals surface area contributed by atoms with Crippen LogP contribution in [0.1, 0.15) is 38.5 Å². The summed E-state index contributed by atoms with van der Waals surface area (Å²) in [5, 5.41) is 13.4. The summed E-state index contributed by atoms with van der Waals surface area (Å²) >= 11 is 0. The molecule has 0 atom stereocenters. The predicted molar refractivity (Wildman–Crippen MR) is 82.9 cm³/mol. The van der Waals surface area contributed by atoms with Gasteiger partial charge in [0.25, 0.3) is 0 Å². The highest BCUT2D eigenvalue weighted by molar-refractivity contribution is 5.50. The van der Waals surface area contributed by atoms with E-state index in [4.69, 9.17) is 5.10 Å². The summed E-state index contributed by atoms with van der Waals surface area (Å²) in [6, 6.07) is 4.12. The number of fused-ring (bicyclic) bond motifs is 1. The molecule has 2 aliphatic heterocycles. The average molecular weight is 286 g/mol. The molecule has 0 amide bonds. The van der Waals surface area contributed by atoms with Crippen molar-refractivity contribution in [3.63, 3.8) is 0 Å². The van der Waals surface area contributed by atoms with Gasteiger partial charge in [0.1, 0.15) is 5.82 Å². The molecule has 4 heterocycles. The Morgan fingerprint density at radius 3 is 2.10 bits per heavy atom. The second-order valence-electron chi connectivity index (χ2n) is 6.06. The van der Waals surface area contributed by atoms with E-state index in [9.17, 15) is 0 Å². The molecule has 4 rings (SSSR count). The summed E-state index contributed by atoms with van der Waals surface area (Å²) < 4.78 is 1.93. The molecule has 0 bridgehead atoms. The number of aromatic nitrogens is 4. The van der Waals surface area contributed by atoms with Gasteiger partial charge in [0.05, 0.1) is 0 Å². The van der Waals surface area contributed by atoms with Crippen LogP contribution in [-0.4, -0.2) is 46.0 Å². The van der Waals surface area contributed by atoms with Crippen LogP contribution in [0.3, 0.4) is 0 Å². The third-order valence-corrected chi connectivity index (χ3v) is 4.55. The molecule has 0 unspecified atom stereocenters. The second-order valence-corrected chi connectivity index (χ2v) is 6.06. The van der Waals surface area contributed by atoms with Gasteiger partial charge in [-0.15, -0.1) is 15.3 Å². The fraction of sp³-hybridized carbons (Fsp3) is 0.667. The highest BCUT2D eigenvalue weighted by Gasteiger charge is 2.19. The van der Waals surface area contributed by atoms with E-state index in [1.807, 2.05) is 10.6 Å². The molecule has 6 nitrogen and oxygen atoms in total. The van der Waals surface area contributed by atoms with E-state index in [1.165, 1.54) is 38.5 Å². The van der Waals surface area contributed by atoms with E-state index >= 15 is 0 Å². The lowest BCUT2D eigenvalue weighted by molar-refractivity contribution is 0.558. The molecule has 2 aromatic heterocycles. The Morgan fingerprint density at radius 2 is 1.38 bits per heavy atom. The first kappa shape index (κ1) is 12.9. The van der Waals surface area contributed by atoms with Crippen molar-refractivity contribution >= 4 is 17.4 Å².